The van der Waals surface area contributed by atoms with Crippen molar-refractivity contribution < 1.29 is 58.2 Å². The first-order valence-electron chi connectivity index (χ1n) is 5.01. The summed E-state index contributed by atoms with van der Waals surface area (Å²) in [6, 6.07) is 0. The van der Waals surface area contributed by atoms with Crippen LogP contribution in [0.4, 0.5) is 48.3 Å². The first-order chi connectivity index (χ1) is 10.4. The molecule has 0 aliphatic rings. The Morgan fingerprint density at radius 1 is 0.600 bits per heavy atom. The van der Waals surface area contributed by atoms with Crippen LogP contribution in [0.5, 0.6) is 0 Å². The predicted molar refractivity (Wildman–Crippen MR) is 62.4 cm³/mol. The maximum Gasteiger partial charge on any atom is 0.395 e. The van der Waals surface area contributed by atoms with E-state index in [0.29, 0.717) is 0 Å². The van der Waals surface area contributed by atoms with Gasteiger partial charge in [0.25, 0.3) is 0 Å². The summed E-state index contributed by atoms with van der Waals surface area (Å²) in [6.07, 6.45) is 0. The summed E-state index contributed by atoms with van der Waals surface area (Å²) in [5.74, 6) is -24.3. The third-order valence-corrected chi connectivity index (χ3v) is 4.40. The van der Waals surface area contributed by atoms with Crippen molar-refractivity contribution in [2.75, 3.05) is 0 Å². The normalized spacial score (nSPS) is 21.9. The number of halogens is 15. The topological polar surface area (TPSA) is 37.3 Å². The molecule has 0 fully saturated rings. The van der Waals surface area contributed by atoms with E-state index in [1.165, 1.54) is 0 Å². The van der Waals surface area contributed by atoms with Gasteiger partial charge in [-0.15, -0.1) is 0 Å². The van der Waals surface area contributed by atoms with Crippen LogP contribution in [0.1, 0.15) is 0 Å². The molecule has 0 aliphatic heterocycles. The van der Waals surface area contributed by atoms with Crippen molar-refractivity contribution in [1.82, 2.24) is 0 Å². The van der Waals surface area contributed by atoms with Crippen molar-refractivity contribution >= 4 is 52.4 Å². The van der Waals surface area contributed by atoms with Gasteiger partial charge in [-0.1, -0.05) is 34.8 Å². The number of hydrogen-bond acceptors (Lipinski definition) is 1. The Labute approximate surface area is 149 Å². The molecule has 25 heavy (non-hydrogen) atoms. The average Bonchev–Trinajstić information content (AvgIpc) is 2.35. The molecular weight excluding hydrogens is 479 g/mol. The molecule has 3 unspecified atom stereocenters. The Hall–Kier alpha value is -0.140. The number of carboxylic acids is 1. The second kappa shape index (κ2) is 6.20. The Morgan fingerprint density at radius 3 is 1.12 bits per heavy atom. The number of aliphatic carboxylic acids is 1. The number of alkyl halides is 15. The van der Waals surface area contributed by atoms with E-state index in [1.54, 1.807) is 0 Å². The van der Waals surface area contributed by atoms with Gasteiger partial charge in [0.2, 0.25) is 0 Å². The molecule has 0 amide bonds. The van der Waals surface area contributed by atoms with E-state index in [-0.39, 0.29) is 0 Å². The molecule has 0 saturated heterocycles. The quantitative estimate of drug-likeness (QED) is 0.385. The van der Waals surface area contributed by atoms with Gasteiger partial charge in [-0.05, 0) is 11.6 Å². The molecule has 0 rings (SSSR count). The van der Waals surface area contributed by atoms with Gasteiger partial charge < -0.3 is 5.11 Å². The van der Waals surface area contributed by atoms with E-state index in [4.69, 9.17) is 5.11 Å². The van der Waals surface area contributed by atoms with Crippen molar-refractivity contribution in [2.24, 2.45) is 0 Å². The Balaban J connectivity index is 6.55. The second-order valence-corrected chi connectivity index (χ2v) is 6.29. The van der Waals surface area contributed by atoms with E-state index in [2.05, 4.69) is 46.4 Å². The highest BCUT2D eigenvalue weighted by Crippen LogP contribution is 2.64. The zero-order chi connectivity index (χ0) is 21.1. The molecule has 0 aliphatic carbocycles. The summed E-state index contributed by atoms with van der Waals surface area (Å²) in [4.78, 5) is 10.1. The van der Waals surface area contributed by atoms with E-state index in [1.807, 2.05) is 0 Å². The van der Waals surface area contributed by atoms with Crippen LogP contribution < -0.4 is 0 Å². The molecule has 150 valence electrons. The maximum absolute atomic E-state index is 13.7. The maximum atomic E-state index is 13.7. The van der Waals surface area contributed by atoms with Gasteiger partial charge in [-0.2, -0.15) is 35.1 Å². The molecule has 0 saturated carbocycles. The van der Waals surface area contributed by atoms with Crippen LogP contribution in [0.2, 0.25) is 0 Å². The van der Waals surface area contributed by atoms with E-state index >= 15 is 0 Å². The van der Waals surface area contributed by atoms with Crippen LogP contribution in [0.15, 0.2) is 0 Å². The number of carboxylic acid groups (broad SMARTS) is 1. The molecule has 0 radical (unpaired) electrons. The van der Waals surface area contributed by atoms with Crippen molar-refractivity contribution in [3.8, 4) is 0 Å². The summed E-state index contributed by atoms with van der Waals surface area (Å²) in [7, 11) is 0. The molecule has 1 N–H and O–H groups in total. The van der Waals surface area contributed by atoms with Crippen LogP contribution in [0.3, 0.4) is 0 Å². The number of hydrogen-bond donors (Lipinski definition) is 1. The van der Waals surface area contributed by atoms with Crippen molar-refractivity contribution in [2.45, 2.75) is 38.5 Å². The molecule has 0 spiro atoms. The Morgan fingerprint density at radius 2 is 0.880 bits per heavy atom. The van der Waals surface area contributed by atoms with Gasteiger partial charge in [0.1, 0.15) is 0 Å². The fourth-order valence-electron chi connectivity index (χ4n) is 1.10. The minimum atomic E-state index is -7.15. The minimum Gasteiger partial charge on any atom is -0.477 e. The predicted octanol–water partition coefficient (Wildman–Crippen LogP) is 5.52. The van der Waals surface area contributed by atoms with Gasteiger partial charge in [0.05, 0.1) is 0 Å². The van der Waals surface area contributed by atoms with Crippen LogP contribution in [-0.4, -0.2) is 49.6 Å². The van der Waals surface area contributed by atoms with E-state index in [0.717, 1.165) is 0 Å². The molecule has 0 heterocycles. The molecule has 0 bridgehead atoms. The lowest BCUT2D eigenvalue weighted by Crippen LogP contribution is -2.72. The highest BCUT2D eigenvalue weighted by atomic mass is 35.5. The summed E-state index contributed by atoms with van der Waals surface area (Å²) < 4.78 is 145. The van der Waals surface area contributed by atoms with E-state index in [9.17, 15) is 53.1 Å². The first kappa shape index (κ1) is 24.9. The lowest BCUT2D eigenvalue weighted by atomic mass is 9.95. The van der Waals surface area contributed by atoms with Gasteiger partial charge in [-0.25, -0.2) is 18.0 Å². The van der Waals surface area contributed by atoms with Gasteiger partial charge in [-0.3, -0.25) is 0 Å². The second-order valence-electron chi connectivity index (χ2n) is 4.25. The summed E-state index contributed by atoms with van der Waals surface area (Å²) >= 11 is 15.5. The van der Waals surface area contributed by atoms with Crippen LogP contribution in [0.25, 0.3) is 0 Å². The van der Waals surface area contributed by atoms with Crippen LogP contribution in [-0.2, 0) is 4.79 Å². The fourth-order valence-corrected chi connectivity index (χ4v) is 2.03. The zero-order valence-corrected chi connectivity index (χ0v) is 13.5. The Kier molecular flexibility index (Phi) is 6.16. The molecule has 0 aromatic heterocycles. The smallest absolute Gasteiger partial charge is 0.395 e. The molecule has 17 heteroatoms. The van der Waals surface area contributed by atoms with Gasteiger partial charge in [0.15, 0.2) is 0 Å². The average molecular weight is 480 g/mol. The molecule has 3 atom stereocenters. The summed E-state index contributed by atoms with van der Waals surface area (Å²) in [5, 5.41) is -18.1. The highest BCUT2D eigenvalue weighted by Gasteiger charge is 2.90. The summed E-state index contributed by atoms with van der Waals surface area (Å²) in [6.45, 7) is 0. The first-order valence-corrected chi connectivity index (χ1v) is 6.52. The van der Waals surface area contributed by atoms with Crippen molar-refractivity contribution in [3.63, 3.8) is 0 Å². The SMILES string of the molecule is O=C(O)C(F)(F)C(F)(Cl)C(F)(F)C(F)(Cl)C(F)(Cl)C(F)(F)C(F)(F)Cl. The van der Waals surface area contributed by atoms with Gasteiger partial charge in [0, 0.05) is 0 Å². The van der Waals surface area contributed by atoms with Crippen LogP contribution in [0, 0.1) is 0 Å². The standard InChI is InChI=1S/C8HCl4F11O2/c9-3(15,2(13,14)1(24)25)6(18,19)4(10,16)5(11,17)7(20,21)8(12,22)23/h(H,24,25). The largest absolute Gasteiger partial charge is 0.477 e. The summed E-state index contributed by atoms with van der Waals surface area (Å²) in [5.41, 5.74) is 0. The van der Waals surface area contributed by atoms with Gasteiger partial charge >= 0.3 is 44.5 Å². The minimum absolute atomic E-state index is 3.67. The lowest BCUT2D eigenvalue weighted by Gasteiger charge is -2.43. The molecule has 0 aromatic rings. The molecular formula is C8HCl4F11O2. The molecule has 2 nitrogen and oxygen atoms in total. The van der Waals surface area contributed by atoms with Crippen molar-refractivity contribution in [3.05, 3.63) is 0 Å². The highest BCUT2D eigenvalue weighted by molar-refractivity contribution is 6.36. The lowest BCUT2D eigenvalue weighted by molar-refractivity contribution is -0.292. The monoisotopic (exact) mass is 478 g/mol. The third-order valence-electron chi connectivity index (χ3n) is 2.60. The third kappa shape index (κ3) is 3.18. The fraction of sp³-hybridized carbons (Fsp3) is 0.875. The molecule has 0 aromatic carbocycles. The van der Waals surface area contributed by atoms with Crippen LogP contribution >= 0.6 is 46.4 Å². The van der Waals surface area contributed by atoms with E-state index < -0.39 is 44.5 Å². The Bertz CT molecular complexity index is 543. The van der Waals surface area contributed by atoms with Crippen molar-refractivity contribution in [1.29, 1.82) is 0 Å². The zero-order valence-electron chi connectivity index (χ0n) is 10.5. The number of rotatable bonds is 7. The number of carbonyl (C=O) groups is 1.